The van der Waals surface area contributed by atoms with Crippen molar-refractivity contribution in [2.75, 3.05) is 7.11 Å². The van der Waals surface area contributed by atoms with Crippen LogP contribution in [0.3, 0.4) is 0 Å². The highest BCUT2D eigenvalue weighted by molar-refractivity contribution is 6.30. The van der Waals surface area contributed by atoms with Gasteiger partial charge < -0.3 is 4.74 Å². The Balaban J connectivity index is 2.58. The predicted molar refractivity (Wildman–Crippen MR) is 78.3 cm³/mol. The molecule has 2 rings (SSSR count). The van der Waals surface area contributed by atoms with E-state index in [-0.39, 0.29) is 5.82 Å². The molecule has 0 saturated heterocycles. The zero-order valence-electron chi connectivity index (χ0n) is 11.3. The van der Waals surface area contributed by atoms with Crippen LogP contribution in [0.4, 0.5) is 4.39 Å². The summed E-state index contributed by atoms with van der Waals surface area (Å²) in [5.74, 6) is 5.92. The van der Waals surface area contributed by atoms with Gasteiger partial charge in [-0.25, -0.2) is 9.82 Å². The average molecular weight is 295 g/mol. The van der Waals surface area contributed by atoms with Crippen molar-refractivity contribution in [3.05, 3.63) is 63.9 Å². The third-order valence-corrected chi connectivity index (χ3v) is 3.44. The third kappa shape index (κ3) is 2.77. The highest BCUT2D eigenvalue weighted by atomic mass is 35.5. The number of hydrazine groups is 1. The molecule has 0 aliphatic rings. The first-order valence-corrected chi connectivity index (χ1v) is 6.51. The molecule has 0 bridgehead atoms. The molecule has 2 aromatic carbocycles. The highest BCUT2D eigenvalue weighted by Gasteiger charge is 2.21. The van der Waals surface area contributed by atoms with Gasteiger partial charge in [0.15, 0.2) is 0 Å². The number of nitrogens with two attached hydrogens (primary N) is 1. The van der Waals surface area contributed by atoms with Crippen molar-refractivity contribution in [3.63, 3.8) is 0 Å². The molecule has 3 nitrogen and oxygen atoms in total. The first kappa shape index (κ1) is 14.8. The van der Waals surface area contributed by atoms with E-state index in [9.17, 15) is 4.39 Å². The number of benzene rings is 2. The van der Waals surface area contributed by atoms with Crippen LogP contribution < -0.4 is 16.0 Å². The second-order valence-corrected chi connectivity index (χ2v) is 4.90. The molecule has 2 aromatic rings. The summed E-state index contributed by atoms with van der Waals surface area (Å²) in [5.41, 5.74) is 4.32. The van der Waals surface area contributed by atoms with Gasteiger partial charge in [-0.05, 0) is 30.7 Å². The van der Waals surface area contributed by atoms with Crippen molar-refractivity contribution < 1.29 is 9.13 Å². The van der Waals surface area contributed by atoms with Crippen molar-refractivity contribution in [2.24, 2.45) is 5.84 Å². The Morgan fingerprint density at radius 2 is 2.00 bits per heavy atom. The Bertz CT molecular complexity index is 619. The summed E-state index contributed by atoms with van der Waals surface area (Å²) in [6.45, 7) is 1.71. The molecule has 0 spiro atoms. The summed E-state index contributed by atoms with van der Waals surface area (Å²) in [5, 5.41) is 0.536. The van der Waals surface area contributed by atoms with Crippen LogP contribution in [-0.4, -0.2) is 7.11 Å². The second kappa shape index (κ2) is 6.22. The van der Waals surface area contributed by atoms with Crippen LogP contribution in [0.5, 0.6) is 5.75 Å². The van der Waals surface area contributed by atoms with E-state index in [2.05, 4.69) is 5.43 Å². The molecule has 5 heteroatoms. The normalized spacial score (nSPS) is 12.2. The molecule has 0 aliphatic carbocycles. The predicted octanol–water partition coefficient (Wildman–Crippen LogP) is 3.35. The quantitative estimate of drug-likeness (QED) is 0.671. The van der Waals surface area contributed by atoms with E-state index in [0.717, 1.165) is 0 Å². The van der Waals surface area contributed by atoms with E-state index in [1.807, 2.05) is 0 Å². The molecule has 0 heterocycles. The summed E-state index contributed by atoms with van der Waals surface area (Å²) >= 11 is 6.02. The number of hydrogen-bond acceptors (Lipinski definition) is 3. The van der Waals surface area contributed by atoms with E-state index in [1.54, 1.807) is 50.4 Å². The SMILES string of the molecule is COc1ccc(Cl)cc1C(NN)c1cccc(C)c1F. The summed E-state index contributed by atoms with van der Waals surface area (Å²) < 4.78 is 19.6. The van der Waals surface area contributed by atoms with Gasteiger partial charge in [-0.15, -0.1) is 0 Å². The van der Waals surface area contributed by atoms with Gasteiger partial charge in [-0.1, -0.05) is 29.8 Å². The number of nitrogens with one attached hydrogen (secondary N) is 1. The average Bonchev–Trinajstić information content (AvgIpc) is 2.44. The monoisotopic (exact) mass is 294 g/mol. The number of aryl methyl sites for hydroxylation is 1. The number of halogens is 2. The Labute approximate surface area is 122 Å². The van der Waals surface area contributed by atoms with E-state index in [4.69, 9.17) is 22.2 Å². The minimum atomic E-state index is -0.538. The lowest BCUT2D eigenvalue weighted by molar-refractivity contribution is 0.403. The maximum Gasteiger partial charge on any atom is 0.131 e. The van der Waals surface area contributed by atoms with E-state index >= 15 is 0 Å². The van der Waals surface area contributed by atoms with Gasteiger partial charge >= 0.3 is 0 Å². The summed E-state index contributed by atoms with van der Waals surface area (Å²) in [6.07, 6.45) is 0. The van der Waals surface area contributed by atoms with Crippen LogP contribution in [0.25, 0.3) is 0 Å². The Hall–Kier alpha value is -1.62. The Kier molecular flexibility index (Phi) is 4.60. The first-order valence-electron chi connectivity index (χ1n) is 6.13. The lowest BCUT2D eigenvalue weighted by Gasteiger charge is -2.21. The number of hydrogen-bond donors (Lipinski definition) is 2. The molecular formula is C15H16ClFN2O. The molecule has 0 fully saturated rings. The summed E-state index contributed by atoms with van der Waals surface area (Å²) in [4.78, 5) is 0. The van der Waals surface area contributed by atoms with Gasteiger partial charge in [0.1, 0.15) is 11.6 Å². The molecule has 1 atom stereocenters. The smallest absolute Gasteiger partial charge is 0.131 e. The summed E-state index contributed by atoms with van der Waals surface area (Å²) in [7, 11) is 1.55. The molecule has 0 radical (unpaired) electrons. The van der Waals surface area contributed by atoms with Crippen molar-refractivity contribution in [1.29, 1.82) is 0 Å². The molecular weight excluding hydrogens is 279 g/mol. The lowest BCUT2D eigenvalue weighted by Crippen LogP contribution is -2.30. The minimum absolute atomic E-state index is 0.294. The van der Waals surface area contributed by atoms with E-state index < -0.39 is 6.04 Å². The molecule has 1 unspecified atom stereocenters. The molecule has 0 aromatic heterocycles. The molecule has 0 amide bonds. The lowest BCUT2D eigenvalue weighted by atomic mass is 9.96. The van der Waals surface area contributed by atoms with Crippen LogP contribution in [0.2, 0.25) is 5.02 Å². The standard InChI is InChI=1S/C15H16ClFN2O/c1-9-4-3-5-11(14(9)17)15(19-18)12-8-10(16)6-7-13(12)20-2/h3-8,15,19H,18H2,1-2H3. The molecule has 0 saturated carbocycles. The van der Waals surface area contributed by atoms with Gasteiger partial charge in [0.25, 0.3) is 0 Å². The topological polar surface area (TPSA) is 47.3 Å². The van der Waals surface area contributed by atoms with E-state index in [0.29, 0.717) is 27.5 Å². The molecule has 0 aliphatic heterocycles. The fraction of sp³-hybridized carbons (Fsp3) is 0.200. The van der Waals surface area contributed by atoms with Gasteiger partial charge in [0.05, 0.1) is 13.2 Å². The third-order valence-electron chi connectivity index (χ3n) is 3.20. The Morgan fingerprint density at radius 1 is 1.25 bits per heavy atom. The fourth-order valence-electron chi connectivity index (χ4n) is 2.17. The van der Waals surface area contributed by atoms with Crippen molar-refractivity contribution in [1.82, 2.24) is 5.43 Å². The zero-order valence-corrected chi connectivity index (χ0v) is 12.0. The molecule has 106 valence electrons. The van der Waals surface area contributed by atoms with Crippen LogP contribution in [0.15, 0.2) is 36.4 Å². The maximum absolute atomic E-state index is 14.3. The van der Waals surface area contributed by atoms with Crippen molar-refractivity contribution >= 4 is 11.6 Å². The molecule has 3 N–H and O–H groups in total. The zero-order chi connectivity index (χ0) is 14.7. The van der Waals surface area contributed by atoms with Crippen LogP contribution in [-0.2, 0) is 0 Å². The van der Waals surface area contributed by atoms with E-state index in [1.165, 1.54) is 0 Å². The second-order valence-electron chi connectivity index (χ2n) is 4.46. The summed E-state index contributed by atoms with van der Waals surface area (Å²) in [6, 6.07) is 9.81. The minimum Gasteiger partial charge on any atom is -0.496 e. The van der Waals surface area contributed by atoms with Crippen LogP contribution in [0, 0.1) is 12.7 Å². The first-order chi connectivity index (χ1) is 9.58. The Morgan fingerprint density at radius 3 is 2.65 bits per heavy atom. The number of rotatable bonds is 4. The van der Waals surface area contributed by atoms with Crippen LogP contribution in [0.1, 0.15) is 22.7 Å². The maximum atomic E-state index is 14.3. The van der Waals surface area contributed by atoms with Crippen molar-refractivity contribution in [2.45, 2.75) is 13.0 Å². The number of ether oxygens (including phenoxy) is 1. The van der Waals surface area contributed by atoms with Crippen molar-refractivity contribution in [3.8, 4) is 5.75 Å². The van der Waals surface area contributed by atoms with Crippen LogP contribution >= 0.6 is 11.6 Å². The number of methoxy groups -OCH3 is 1. The van der Waals surface area contributed by atoms with Gasteiger partial charge in [0, 0.05) is 16.1 Å². The fourth-order valence-corrected chi connectivity index (χ4v) is 2.35. The largest absolute Gasteiger partial charge is 0.496 e. The highest BCUT2D eigenvalue weighted by Crippen LogP contribution is 2.33. The van der Waals surface area contributed by atoms with Gasteiger partial charge in [-0.3, -0.25) is 5.84 Å². The van der Waals surface area contributed by atoms with Gasteiger partial charge in [0.2, 0.25) is 0 Å². The van der Waals surface area contributed by atoms with Gasteiger partial charge in [-0.2, -0.15) is 0 Å². The molecule has 20 heavy (non-hydrogen) atoms.